The average Bonchev–Trinajstić information content (AvgIpc) is 2.45. The predicted molar refractivity (Wildman–Crippen MR) is 85.1 cm³/mol. The lowest BCUT2D eigenvalue weighted by atomic mass is 9.91. The molecule has 0 aliphatic heterocycles. The second-order valence-corrected chi connectivity index (χ2v) is 7.13. The summed E-state index contributed by atoms with van der Waals surface area (Å²) in [7, 11) is 0. The Morgan fingerprint density at radius 3 is 2.52 bits per heavy atom. The molecular formula is C16H24N2O2S. The molecule has 0 bridgehead atoms. The zero-order chi connectivity index (χ0) is 15.4. The minimum Gasteiger partial charge on any atom is -0.478 e. The molecule has 0 atom stereocenters. The number of carbonyl (C=O) groups is 1. The van der Waals surface area contributed by atoms with Crippen molar-refractivity contribution in [1.29, 1.82) is 0 Å². The van der Waals surface area contributed by atoms with E-state index in [9.17, 15) is 9.90 Å². The maximum absolute atomic E-state index is 11.5. The van der Waals surface area contributed by atoms with Crippen molar-refractivity contribution in [3.63, 3.8) is 0 Å². The molecule has 1 fully saturated rings. The first kappa shape index (κ1) is 16.3. The Labute approximate surface area is 130 Å². The zero-order valence-electron chi connectivity index (χ0n) is 13.1. The molecule has 1 heterocycles. The standard InChI is InChI=1S/C16H24N2O2S/c1-10(2)14-17-11(3)13(16(19)20)15(18-14)21-9-12-7-5-4-6-8-12/h10,12H,4-9H2,1-3H3,(H,19,20). The number of rotatable bonds is 5. The summed E-state index contributed by atoms with van der Waals surface area (Å²) < 4.78 is 0. The van der Waals surface area contributed by atoms with Gasteiger partial charge >= 0.3 is 5.97 Å². The smallest absolute Gasteiger partial charge is 0.340 e. The lowest BCUT2D eigenvalue weighted by molar-refractivity contribution is 0.0690. The highest BCUT2D eigenvalue weighted by Crippen LogP contribution is 2.31. The SMILES string of the molecule is Cc1nc(C(C)C)nc(SCC2CCCCC2)c1C(=O)O. The number of nitrogens with zero attached hydrogens (tertiary/aromatic N) is 2. The average molecular weight is 308 g/mol. The van der Waals surface area contributed by atoms with Crippen molar-refractivity contribution in [3.05, 3.63) is 17.1 Å². The second-order valence-electron chi connectivity index (χ2n) is 6.12. The molecule has 0 spiro atoms. The van der Waals surface area contributed by atoms with Crippen molar-refractivity contribution in [2.24, 2.45) is 5.92 Å². The molecule has 1 aliphatic carbocycles. The van der Waals surface area contributed by atoms with Gasteiger partial charge in [0.2, 0.25) is 0 Å². The molecule has 4 nitrogen and oxygen atoms in total. The van der Waals surface area contributed by atoms with Crippen LogP contribution in [0, 0.1) is 12.8 Å². The van der Waals surface area contributed by atoms with Crippen LogP contribution < -0.4 is 0 Å². The van der Waals surface area contributed by atoms with Gasteiger partial charge in [-0.25, -0.2) is 14.8 Å². The Kier molecular flexibility index (Phi) is 5.62. The van der Waals surface area contributed by atoms with Crippen LogP contribution in [0.2, 0.25) is 0 Å². The van der Waals surface area contributed by atoms with Crippen LogP contribution >= 0.6 is 11.8 Å². The van der Waals surface area contributed by atoms with Gasteiger partial charge in [-0.3, -0.25) is 0 Å². The highest BCUT2D eigenvalue weighted by atomic mass is 32.2. The third-order valence-corrected chi connectivity index (χ3v) is 5.19. The van der Waals surface area contributed by atoms with Crippen LogP contribution in [0.4, 0.5) is 0 Å². The predicted octanol–water partition coefficient (Wildman–Crippen LogP) is 4.28. The molecular weight excluding hydrogens is 284 g/mol. The van der Waals surface area contributed by atoms with Crippen LogP contribution in [-0.2, 0) is 0 Å². The highest BCUT2D eigenvalue weighted by Gasteiger charge is 2.21. The van der Waals surface area contributed by atoms with Crippen molar-refractivity contribution >= 4 is 17.7 Å². The molecule has 0 aromatic carbocycles. The van der Waals surface area contributed by atoms with Gasteiger partial charge in [-0.05, 0) is 25.7 Å². The highest BCUT2D eigenvalue weighted by molar-refractivity contribution is 7.99. The van der Waals surface area contributed by atoms with E-state index in [0.29, 0.717) is 16.6 Å². The molecule has 116 valence electrons. The third-order valence-electron chi connectivity index (χ3n) is 3.98. The number of aryl methyl sites for hydroxylation is 1. The van der Waals surface area contributed by atoms with E-state index in [4.69, 9.17) is 0 Å². The number of carboxylic acid groups (broad SMARTS) is 1. The van der Waals surface area contributed by atoms with Gasteiger partial charge in [-0.1, -0.05) is 33.1 Å². The molecule has 2 rings (SSSR count). The van der Waals surface area contributed by atoms with Gasteiger partial charge in [0, 0.05) is 11.7 Å². The molecule has 1 aliphatic rings. The first-order valence-electron chi connectivity index (χ1n) is 7.73. The quantitative estimate of drug-likeness (QED) is 0.650. The van der Waals surface area contributed by atoms with E-state index in [1.54, 1.807) is 18.7 Å². The first-order valence-corrected chi connectivity index (χ1v) is 8.72. The van der Waals surface area contributed by atoms with Crippen LogP contribution in [0.25, 0.3) is 0 Å². The van der Waals surface area contributed by atoms with Crippen LogP contribution in [0.1, 0.15) is 73.7 Å². The van der Waals surface area contributed by atoms with Crippen molar-refractivity contribution in [2.75, 3.05) is 5.75 Å². The van der Waals surface area contributed by atoms with E-state index in [0.717, 1.165) is 11.6 Å². The third kappa shape index (κ3) is 4.19. The van der Waals surface area contributed by atoms with Crippen LogP contribution in [0.5, 0.6) is 0 Å². The van der Waals surface area contributed by atoms with E-state index in [1.165, 1.54) is 32.1 Å². The van der Waals surface area contributed by atoms with Gasteiger partial charge in [0.05, 0.1) is 5.69 Å². The van der Waals surface area contributed by atoms with Gasteiger partial charge in [0.1, 0.15) is 16.4 Å². The Morgan fingerprint density at radius 1 is 1.29 bits per heavy atom. The Bertz CT molecular complexity index is 511. The molecule has 0 unspecified atom stereocenters. The molecule has 1 N–H and O–H groups in total. The molecule has 21 heavy (non-hydrogen) atoms. The minimum atomic E-state index is -0.922. The summed E-state index contributed by atoms with van der Waals surface area (Å²) in [5.74, 6) is 1.69. The number of aromatic nitrogens is 2. The molecule has 1 aromatic rings. The van der Waals surface area contributed by atoms with E-state index < -0.39 is 5.97 Å². The summed E-state index contributed by atoms with van der Waals surface area (Å²) in [5.41, 5.74) is 0.854. The maximum Gasteiger partial charge on any atom is 0.340 e. The monoisotopic (exact) mass is 308 g/mol. The van der Waals surface area contributed by atoms with Crippen molar-refractivity contribution in [2.45, 2.75) is 63.8 Å². The van der Waals surface area contributed by atoms with Crippen LogP contribution in [0.3, 0.4) is 0 Å². The number of aromatic carboxylic acids is 1. The molecule has 0 radical (unpaired) electrons. The number of hydrogen-bond donors (Lipinski definition) is 1. The second kappa shape index (κ2) is 7.25. The molecule has 0 amide bonds. The summed E-state index contributed by atoms with van der Waals surface area (Å²) in [6, 6.07) is 0. The molecule has 5 heteroatoms. The van der Waals surface area contributed by atoms with Gasteiger partial charge in [-0.15, -0.1) is 11.8 Å². The Morgan fingerprint density at radius 2 is 1.95 bits per heavy atom. The fraction of sp³-hybridized carbons (Fsp3) is 0.688. The topological polar surface area (TPSA) is 63.1 Å². The van der Waals surface area contributed by atoms with Gasteiger partial charge < -0.3 is 5.11 Å². The summed E-state index contributed by atoms with van der Waals surface area (Å²) in [5, 5.41) is 10.1. The summed E-state index contributed by atoms with van der Waals surface area (Å²) in [6.07, 6.45) is 6.47. The minimum absolute atomic E-state index is 0.209. The van der Waals surface area contributed by atoms with Gasteiger partial charge in [0.15, 0.2) is 0 Å². The largest absolute Gasteiger partial charge is 0.478 e. The van der Waals surface area contributed by atoms with Crippen molar-refractivity contribution < 1.29 is 9.90 Å². The lowest BCUT2D eigenvalue weighted by Crippen LogP contribution is -2.13. The van der Waals surface area contributed by atoms with Crippen molar-refractivity contribution in [1.82, 2.24) is 9.97 Å². The van der Waals surface area contributed by atoms with E-state index in [1.807, 2.05) is 13.8 Å². The zero-order valence-corrected chi connectivity index (χ0v) is 13.9. The van der Waals surface area contributed by atoms with E-state index in [2.05, 4.69) is 9.97 Å². The van der Waals surface area contributed by atoms with Crippen LogP contribution in [-0.4, -0.2) is 26.8 Å². The summed E-state index contributed by atoms with van der Waals surface area (Å²) in [6.45, 7) is 5.83. The summed E-state index contributed by atoms with van der Waals surface area (Å²) >= 11 is 1.60. The Balaban J connectivity index is 2.20. The first-order chi connectivity index (χ1) is 9.99. The molecule has 1 aromatic heterocycles. The summed E-state index contributed by atoms with van der Waals surface area (Å²) in [4.78, 5) is 20.3. The normalized spacial score (nSPS) is 16.4. The lowest BCUT2D eigenvalue weighted by Gasteiger charge is -2.21. The van der Waals surface area contributed by atoms with Gasteiger partial charge in [0.25, 0.3) is 0 Å². The van der Waals surface area contributed by atoms with Crippen molar-refractivity contribution in [3.8, 4) is 0 Å². The molecule has 0 saturated heterocycles. The van der Waals surface area contributed by atoms with E-state index >= 15 is 0 Å². The Hall–Kier alpha value is -1.10. The van der Waals surface area contributed by atoms with Crippen LogP contribution in [0.15, 0.2) is 5.03 Å². The number of thioether (sulfide) groups is 1. The van der Waals surface area contributed by atoms with Gasteiger partial charge in [-0.2, -0.15) is 0 Å². The maximum atomic E-state index is 11.5. The van der Waals surface area contributed by atoms with E-state index in [-0.39, 0.29) is 11.5 Å². The fourth-order valence-corrected chi connectivity index (χ4v) is 3.99. The number of carboxylic acids is 1. The molecule has 1 saturated carbocycles. The number of hydrogen-bond acceptors (Lipinski definition) is 4. The fourth-order valence-electron chi connectivity index (χ4n) is 2.73.